The largest absolute Gasteiger partial charge is 0.437 e. The van der Waals surface area contributed by atoms with E-state index < -0.39 is 0 Å². The number of aromatic nitrogens is 1. The van der Waals surface area contributed by atoms with Crippen molar-refractivity contribution in [3.05, 3.63) is 11.5 Å². The van der Waals surface area contributed by atoms with E-state index in [9.17, 15) is 0 Å². The van der Waals surface area contributed by atoms with E-state index in [1.165, 1.54) is 25.7 Å². The highest BCUT2D eigenvalue weighted by molar-refractivity contribution is 7.99. The molecule has 3 nitrogen and oxygen atoms in total. The highest BCUT2D eigenvalue weighted by atomic mass is 32.2. The molecule has 1 aliphatic rings. The Hall–Kier alpha value is -0.480. The number of oxazole rings is 1. The molecule has 16 heavy (non-hydrogen) atoms. The lowest BCUT2D eigenvalue weighted by Crippen LogP contribution is -2.28. The molecule has 1 fully saturated rings. The number of thioether (sulfide) groups is 1. The molecule has 1 saturated carbocycles. The van der Waals surface area contributed by atoms with Crippen LogP contribution in [-0.2, 0) is 0 Å². The summed E-state index contributed by atoms with van der Waals surface area (Å²) in [7, 11) is 0. The third-order valence-electron chi connectivity index (χ3n) is 3.40. The van der Waals surface area contributed by atoms with Crippen LogP contribution in [0.25, 0.3) is 0 Å². The maximum atomic E-state index is 5.82. The van der Waals surface area contributed by atoms with E-state index in [2.05, 4.69) is 4.98 Å². The second-order valence-electron chi connectivity index (χ2n) is 4.56. The summed E-state index contributed by atoms with van der Waals surface area (Å²) in [6, 6.07) is 0. The fourth-order valence-electron chi connectivity index (χ4n) is 2.22. The van der Waals surface area contributed by atoms with Gasteiger partial charge in [0.05, 0.1) is 5.69 Å². The first-order chi connectivity index (χ1) is 7.70. The SMILES string of the molecule is Cc1nc(SC2CCCCC2CN)oc1C. The van der Waals surface area contributed by atoms with Gasteiger partial charge in [0.15, 0.2) is 0 Å². The molecule has 4 heteroatoms. The first kappa shape index (κ1) is 12.0. The summed E-state index contributed by atoms with van der Waals surface area (Å²) in [4.78, 5) is 4.43. The molecule has 90 valence electrons. The fraction of sp³-hybridized carbons (Fsp3) is 0.750. The van der Waals surface area contributed by atoms with Crippen LogP contribution < -0.4 is 5.73 Å². The van der Waals surface area contributed by atoms with Gasteiger partial charge in [-0.25, -0.2) is 4.98 Å². The van der Waals surface area contributed by atoms with Crippen LogP contribution in [0.4, 0.5) is 0 Å². The quantitative estimate of drug-likeness (QED) is 0.882. The average molecular weight is 240 g/mol. The summed E-state index contributed by atoms with van der Waals surface area (Å²) in [6.45, 7) is 4.74. The summed E-state index contributed by atoms with van der Waals surface area (Å²) in [6.07, 6.45) is 5.13. The zero-order chi connectivity index (χ0) is 11.5. The van der Waals surface area contributed by atoms with Crippen molar-refractivity contribution in [2.45, 2.75) is 50.0 Å². The van der Waals surface area contributed by atoms with Crippen LogP contribution in [0, 0.1) is 19.8 Å². The Kier molecular flexibility index (Phi) is 3.92. The van der Waals surface area contributed by atoms with Crippen molar-refractivity contribution in [3.63, 3.8) is 0 Å². The molecule has 1 aliphatic carbocycles. The van der Waals surface area contributed by atoms with Crippen LogP contribution in [-0.4, -0.2) is 16.8 Å². The highest BCUT2D eigenvalue weighted by Crippen LogP contribution is 2.37. The van der Waals surface area contributed by atoms with Crippen LogP contribution in [0.2, 0.25) is 0 Å². The van der Waals surface area contributed by atoms with Gasteiger partial charge in [0, 0.05) is 5.25 Å². The topological polar surface area (TPSA) is 52.0 Å². The van der Waals surface area contributed by atoms with Gasteiger partial charge in [0.1, 0.15) is 5.76 Å². The van der Waals surface area contributed by atoms with Gasteiger partial charge in [0.25, 0.3) is 5.22 Å². The van der Waals surface area contributed by atoms with E-state index in [0.29, 0.717) is 11.2 Å². The molecule has 0 bridgehead atoms. The van der Waals surface area contributed by atoms with Crippen molar-refractivity contribution in [2.75, 3.05) is 6.54 Å². The van der Waals surface area contributed by atoms with E-state index in [4.69, 9.17) is 10.2 Å². The van der Waals surface area contributed by atoms with Crippen LogP contribution >= 0.6 is 11.8 Å². The third-order valence-corrected chi connectivity index (χ3v) is 4.70. The Labute approximate surface area is 101 Å². The first-order valence-corrected chi connectivity index (χ1v) is 6.89. The van der Waals surface area contributed by atoms with Crippen LogP contribution in [0.15, 0.2) is 9.64 Å². The van der Waals surface area contributed by atoms with E-state index >= 15 is 0 Å². The molecule has 1 aromatic heterocycles. The summed E-state index contributed by atoms with van der Waals surface area (Å²) in [5.74, 6) is 1.56. The van der Waals surface area contributed by atoms with Gasteiger partial charge < -0.3 is 10.2 Å². The van der Waals surface area contributed by atoms with Crippen molar-refractivity contribution in [2.24, 2.45) is 11.7 Å². The second-order valence-corrected chi connectivity index (χ2v) is 5.75. The van der Waals surface area contributed by atoms with E-state index in [1.807, 2.05) is 13.8 Å². The average Bonchev–Trinajstić information content (AvgIpc) is 2.59. The Morgan fingerprint density at radius 3 is 2.75 bits per heavy atom. The fourth-order valence-corrected chi connectivity index (χ4v) is 3.57. The predicted octanol–water partition coefficient (Wildman–Crippen LogP) is 2.90. The minimum Gasteiger partial charge on any atom is -0.437 e. The molecule has 2 N–H and O–H groups in total. The summed E-state index contributed by atoms with van der Waals surface area (Å²) >= 11 is 1.77. The van der Waals surface area contributed by atoms with Gasteiger partial charge in [-0.2, -0.15) is 0 Å². The molecule has 1 heterocycles. The lowest BCUT2D eigenvalue weighted by molar-refractivity contribution is 0.371. The zero-order valence-corrected chi connectivity index (χ0v) is 10.8. The van der Waals surface area contributed by atoms with Gasteiger partial charge in [-0.05, 0) is 39.2 Å². The Morgan fingerprint density at radius 2 is 2.12 bits per heavy atom. The molecule has 0 amide bonds. The van der Waals surface area contributed by atoms with Crippen molar-refractivity contribution in [1.29, 1.82) is 0 Å². The second kappa shape index (κ2) is 5.23. The first-order valence-electron chi connectivity index (χ1n) is 6.01. The summed E-state index contributed by atoms with van der Waals surface area (Å²) < 4.78 is 5.62. The Morgan fingerprint density at radius 1 is 1.38 bits per heavy atom. The third kappa shape index (κ3) is 2.61. The van der Waals surface area contributed by atoms with Crippen LogP contribution in [0.3, 0.4) is 0 Å². The number of hydrogen-bond acceptors (Lipinski definition) is 4. The maximum absolute atomic E-state index is 5.82. The lowest BCUT2D eigenvalue weighted by Gasteiger charge is -2.28. The van der Waals surface area contributed by atoms with E-state index in [-0.39, 0.29) is 0 Å². The monoisotopic (exact) mass is 240 g/mol. The minimum atomic E-state index is 0.594. The summed E-state index contributed by atoms with van der Waals surface area (Å²) in [5, 5.41) is 1.41. The molecular formula is C12H20N2OS. The molecule has 1 aromatic rings. The van der Waals surface area contributed by atoms with Crippen molar-refractivity contribution >= 4 is 11.8 Å². The predicted molar refractivity (Wildman–Crippen MR) is 66.6 cm³/mol. The van der Waals surface area contributed by atoms with Gasteiger partial charge >= 0.3 is 0 Å². The number of hydrogen-bond donors (Lipinski definition) is 1. The number of rotatable bonds is 3. The molecule has 0 aliphatic heterocycles. The van der Waals surface area contributed by atoms with Gasteiger partial charge in [-0.1, -0.05) is 24.6 Å². The lowest BCUT2D eigenvalue weighted by atomic mass is 9.89. The Bertz CT molecular complexity index is 331. The molecule has 2 atom stereocenters. The van der Waals surface area contributed by atoms with Crippen molar-refractivity contribution < 1.29 is 4.42 Å². The zero-order valence-electron chi connectivity index (χ0n) is 10.0. The number of nitrogens with zero attached hydrogens (tertiary/aromatic N) is 1. The van der Waals surface area contributed by atoms with Gasteiger partial charge in [0.2, 0.25) is 0 Å². The standard InChI is InChI=1S/C12H20N2OS/c1-8-9(2)15-12(14-8)16-11-6-4-3-5-10(11)7-13/h10-11H,3-7,13H2,1-2H3. The highest BCUT2D eigenvalue weighted by Gasteiger charge is 2.26. The smallest absolute Gasteiger partial charge is 0.256 e. The van der Waals surface area contributed by atoms with Gasteiger partial charge in [-0.3, -0.25) is 0 Å². The number of aryl methyl sites for hydroxylation is 2. The van der Waals surface area contributed by atoms with Crippen LogP contribution in [0.1, 0.15) is 37.1 Å². The molecule has 2 rings (SSSR count). The minimum absolute atomic E-state index is 0.594. The van der Waals surface area contributed by atoms with Gasteiger partial charge in [-0.15, -0.1) is 0 Å². The molecule has 2 unspecified atom stereocenters. The van der Waals surface area contributed by atoms with Crippen molar-refractivity contribution in [1.82, 2.24) is 4.98 Å². The van der Waals surface area contributed by atoms with Crippen molar-refractivity contribution in [3.8, 4) is 0 Å². The van der Waals surface area contributed by atoms with E-state index in [0.717, 1.165) is 23.2 Å². The molecular weight excluding hydrogens is 220 g/mol. The molecule has 0 spiro atoms. The summed E-state index contributed by atoms with van der Waals surface area (Å²) in [5.41, 5.74) is 6.82. The molecule has 0 saturated heterocycles. The van der Waals surface area contributed by atoms with E-state index in [1.54, 1.807) is 11.8 Å². The normalized spacial score (nSPS) is 25.9. The molecule has 0 aromatic carbocycles. The Balaban J connectivity index is 2.02. The maximum Gasteiger partial charge on any atom is 0.256 e. The van der Waals surface area contributed by atoms with Crippen LogP contribution in [0.5, 0.6) is 0 Å². The molecule has 0 radical (unpaired) electrons. The number of nitrogens with two attached hydrogens (primary N) is 1.